The summed E-state index contributed by atoms with van der Waals surface area (Å²) in [5, 5.41) is 9.79. The lowest BCUT2D eigenvalue weighted by molar-refractivity contribution is -0.115. The van der Waals surface area contributed by atoms with Crippen LogP contribution in [-0.4, -0.2) is 21.1 Å². The number of rotatable bonds is 5. The summed E-state index contributed by atoms with van der Waals surface area (Å²) < 4.78 is 26.2. The molecule has 25 heavy (non-hydrogen) atoms. The van der Waals surface area contributed by atoms with Gasteiger partial charge in [0.05, 0.1) is 6.42 Å². The second-order valence-electron chi connectivity index (χ2n) is 5.38. The summed E-state index contributed by atoms with van der Waals surface area (Å²) in [4.78, 5) is 16.2. The number of H-pyrrole nitrogens is 1. The second-order valence-corrected chi connectivity index (χ2v) is 5.82. The van der Waals surface area contributed by atoms with Gasteiger partial charge < -0.3 is 5.32 Å². The van der Waals surface area contributed by atoms with Gasteiger partial charge >= 0.3 is 0 Å². The summed E-state index contributed by atoms with van der Waals surface area (Å²) in [6.07, 6.45) is 0.399. The fourth-order valence-electron chi connectivity index (χ4n) is 2.26. The van der Waals surface area contributed by atoms with Gasteiger partial charge in [-0.05, 0) is 29.8 Å². The van der Waals surface area contributed by atoms with Crippen molar-refractivity contribution in [3.8, 4) is 0 Å². The Morgan fingerprint density at radius 2 is 1.80 bits per heavy atom. The number of nitrogens with one attached hydrogen (secondary N) is 2. The predicted octanol–water partition coefficient (Wildman–Crippen LogP) is 3.51. The van der Waals surface area contributed by atoms with Crippen LogP contribution < -0.4 is 5.32 Å². The third-order valence-electron chi connectivity index (χ3n) is 3.33. The molecule has 128 valence electrons. The number of halogens is 3. The van der Waals surface area contributed by atoms with Gasteiger partial charge in [0.1, 0.15) is 17.5 Å². The monoisotopic (exact) mass is 362 g/mol. The minimum Gasteiger partial charge on any atom is -0.325 e. The number of amides is 1. The molecule has 8 heteroatoms. The Hall–Kier alpha value is -2.80. The van der Waals surface area contributed by atoms with E-state index in [1.54, 1.807) is 12.1 Å². The first-order valence-electron chi connectivity index (χ1n) is 7.38. The molecule has 0 saturated carbocycles. The number of nitrogens with zero attached hydrogens (tertiary/aromatic N) is 2. The fourth-order valence-corrected chi connectivity index (χ4v) is 2.39. The first-order chi connectivity index (χ1) is 12.0. The van der Waals surface area contributed by atoms with Crippen LogP contribution in [0.15, 0.2) is 42.5 Å². The van der Waals surface area contributed by atoms with Crippen LogP contribution in [0.25, 0.3) is 0 Å². The molecule has 1 amide bonds. The van der Waals surface area contributed by atoms with Crippen LogP contribution in [0.3, 0.4) is 0 Å². The molecule has 0 bridgehead atoms. The lowest BCUT2D eigenvalue weighted by atomic mass is 10.1. The van der Waals surface area contributed by atoms with Gasteiger partial charge in [0.2, 0.25) is 5.91 Å². The second kappa shape index (κ2) is 7.40. The lowest BCUT2D eigenvalue weighted by Gasteiger charge is -2.04. The number of aromatic nitrogens is 3. The minimum absolute atomic E-state index is 0.0411. The maximum absolute atomic E-state index is 13.1. The molecule has 0 radical (unpaired) electrons. The van der Waals surface area contributed by atoms with Crippen LogP contribution in [0.2, 0.25) is 5.02 Å². The Labute approximate surface area is 147 Å². The number of aromatic amines is 1. The minimum atomic E-state index is -0.765. The van der Waals surface area contributed by atoms with Gasteiger partial charge in [-0.15, -0.1) is 0 Å². The highest BCUT2D eigenvalue weighted by atomic mass is 35.5. The van der Waals surface area contributed by atoms with Crippen molar-refractivity contribution in [1.82, 2.24) is 15.2 Å². The van der Waals surface area contributed by atoms with E-state index in [4.69, 9.17) is 11.6 Å². The van der Waals surface area contributed by atoms with E-state index in [0.717, 1.165) is 23.8 Å². The van der Waals surface area contributed by atoms with Gasteiger partial charge in [-0.25, -0.2) is 13.8 Å². The summed E-state index contributed by atoms with van der Waals surface area (Å²) in [7, 11) is 0. The Kier molecular flexibility index (Phi) is 5.04. The molecule has 0 aliphatic heterocycles. The molecule has 0 unspecified atom stereocenters. The van der Waals surface area contributed by atoms with E-state index in [1.165, 1.54) is 0 Å². The van der Waals surface area contributed by atoms with Gasteiger partial charge in [-0.2, -0.15) is 5.10 Å². The molecule has 0 saturated heterocycles. The molecule has 1 heterocycles. The van der Waals surface area contributed by atoms with E-state index in [0.29, 0.717) is 23.1 Å². The smallest absolute Gasteiger partial charge is 0.232 e. The van der Waals surface area contributed by atoms with Crippen molar-refractivity contribution < 1.29 is 13.6 Å². The standard InChI is InChI=1S/C17H13ClF2N4O/c18-11-3-1-10(2-4-11)5-15-22-16(24-23-15)9-17(25)21-14-7-12(19)6-13(20)8-14/h1-4,6-8H,5,9H2,(H,21,25)(H,22,23,24). The predicted molar refractivity (Wildman–Crippen MR) is 89.3 cm³/mol. The molecule has 1 aromatic heterocycles. The van der Waals surface area contributed by atoms with Crippen molar-refractivity contribution in [3.05, 3.63) is 76.3 Å². The molecule has 2 N–H and O–H groups in total. The normalized spacial score (nSPS) is 10.7. The highest BCUT2D eigenvalue weighted by Gasteiger charge is 2.11. The first-order valence-corrected chi connectivity index (χ1v) is 7.76. The summed E-state index contributed by atoms with van der Waals surface area (Å²) in [5.41, 5.74) is 1.03. The van der Waals surface area contributed by atoms with Crippen molar-refractivity contribution >= 4 is 23.2 Å². The van der Waals surface area contributed by atoms with E-state index in [9.17, 15) is 13.6 Å². The summed E-state index contributed by atoms with van der Waals surface area (Å²) >= 11 is 5.83. The molecule has 0 aliphatic rings. The zero-order chi connectivity index (χ0) is 17.8. The quantitative estimate of drug-likeness (QED) is 0.729. The molecule has 0 spiro atoms. The van der Waals surface area contributed by atoms with Crippen LogP contribution >= 0.6 is 11.6 Å². The van der Waals surface area contributed by atoms with Crippen molar-refractivity contribution in [1.29, 1.82) is 0 Å². The number of carbonyl (C=O) groups is 1. The molecule has 2 aromatic carbocycles. The van der Waals surface area contributed by atoms with E-state index in [-0.39, 0.29) is 12.1 Å². The Balaban J connectivity index is 1.60. The summed E-state index contributed by atoms with van der Waals surface area (Å²) in [5.74, 6) is -1.11. The number of anilines is 1. The third kappa shape index (κ3) is 4.84. The van der Waals surface area contributed by atoms with Crippen LogP contribution in [-0.2, 0) is 17.6 Å². The van der Waals surface area contributed by atoms with Crippen LogP contribution in [0.5, 0.6) is 0 Å². The van der Waals surface area contributed by atoms with E-state index < -0.39 is 17.5 Å². The number of hydrogen-bond donors (Lipinski definition) is 2. The molecule has 0 fully saturated rings. The number of benzene rings is 2. The van der Waals surface area contributed by atoms with E-state index in [2.05, 4.69) is 20.5 Å². The van der Waals surface area contributed by atoms with E-state index >= 15 is 0 Å². The zero-order valence-corrected chi connectivity index (χ0v) is 13.6. The molecular formula is C17H13ClF2N4O. The lowest BCUT2D eigenvalue weighted by Crippen LogP contribution is -2.15. The molecule has 0 aliphatic carbocycles. The molecule has 5 nitrogen and oxygen atoms in total. The maximum Gasteiger partial charge on any atom is 0.232 e. The molecule has 3 aromatic rings. The zero-order valence-electron chi connectivity index (χ0n) is 12.9. The van der Waals surface area contributed by atoms with Gasteiger partial charge in [0, 0.05) is 23.2 Å². The summed E-state index contributed by atoms with van der Waals surface area (Å²) in [6, 6.07) is 10.1. The first kappa shape index (κ1) is 17.0. The fraction of sp³-hybridized carbons (Fsp3) is 0.118. The average Bonchev–Trinajstić information content (AvgIpc) is 2.95. The SMILES string of the molecule is O=C(Cc1n[nH]c(Cc2ccc(Cl)cc2)n1)Nc1cc(F)cc(F)c1. The molecular weight excluding hydrogens is 350 g/mol. The maximum atomic E-state index is 13.1. The van der Waals surface area contributed by atoms with Crippen molar-refractivity contribution in [2.24, 2.45) is 0 Å². The summed E-state index contributed by atoms with van der Waals surface area (Å²) in [6.45, 7) is 0. The average molecular weight is 363 g/mol. The van der Waals surface area contributed by atoms with Crippen LogP contribution in [0.4, 0.5) is 14.5 Å². The van der Waals surface area contributed by atoms with Crippen molar-refractivity contribution in [2.45, 2.75) is 12.8 Å². The molecule has 0 atom stereocenters. The van der Waals surface area contributed by atoms with Crippen LogP contribution in [0.1, 0.15) is 17.2 Å². The third-order valence-corrected chi connectivity index (χ3v) is 3.58. The van der Waals surface area contributed by atoms with Gasteiger partial charge in [-0.1, -0.05) is 23.7 Å². The highest BCUT2D eigenvalue weighted by molar-refractivity contribution is 6.30. The van der Waals surface area contributed by atoms with Gasteiger partial charge in [0.25, 0.3) is 0 Å². The van der Waals surface area contributed by atoms with E-state index in [1.807, 2.05) is 12.1 Å². The van der Waals surface area contributed by atoms with Crippen molar-refractivity contribution in [2.75, 3.05) is 5.32 Å². The largest absolute Gasteiger partial charge is 0.325 e. The highest BCUT2D eigenvalue weighted by Crippen LogP contribution is 2.14. The Morgan fingerprint density at radius 1 is 1.12 bits per heavy atom. The Bertz CT molecular complexity index is 876. The topological polar surface area (TPSA) is 70.7 Å². The van der Waals surface area contributed by atoms with Gasteiger partial charge in [0.15, 0.2) is 5.82 Å². The van der Waals surface area contributed by atoms with Crippen molar-refractivity contribution in [3.63, 3.8) is 0 Å². The Morgan fingerprint density at radius 3 is 2.48 bits per heavy atom. The number of hydrogen-bond acceptors (Lipinski definition) is 3. The number of carbonyl (C=O) groups excluding carboxylic acids is 1. The van der Waals surface area contributed by atoms with Crippen LogP contribution in [0, 0.1) is 11.6 Å². The molecule has 3 rings (SSSR count). The van der Waals surface area contributed by atoms with Gasteiger partial charge in [-0.3, -0.25) is 9.89 Å².